The Kier molecular flexibility index (Phi) is 3.72. The summed E-state index contributed by atoms with van der Waals surface area (Å²) < 4.78 is 16.8. The second-order valence-corrected chi connectivity index (χ2v) is 5.35. The highest BCUT2D eigenvalue weighted by atomic mass is 16.5. The van der Waals surface area contributed by atoms with E-state index >= 15 is 0 Å². The quantitative estimate of drug-likeness (QED) is 0.636. The number of hydrogen-bond acceptors (Lipinski definition) is 2. The van der Waals surface area contributed by atoms with Crippen LogP contribution in [0.25, 0.3) is 22.1 Å². The first kappa shape index (κ1) is 14.4. The van der Waals surface area contributed by atoms with E-state index < -0.39 is 0 Å². The molecule has 0 spiro atoms. The molecule has 0 amide bonds. The fourth-order valence-electron chi connectivity index (χ4n) is 2.59. The molecule has 0 aliphatic rings. The van der Waals surface area contributed by atoms with Crippen molar-refractivity contribution in [1.29, 1.82) is 0 Å². The third kappa shape index (κ3) is 2.50. The lowest BCUT2D eigenvalue weighted by Crippen LogP contribution is -1.92. The van der Waals surface area contributed by atoms with Gasteiger partial charge < -0.3 is 9.47 Å². The predicted octanol–water partition coefficient (Wildman–Crippen LogP) is 5.01. The van der Waals surface area contributed by atoms with Crippen molar-refractivity contribution in [2.24, 2.45) is 0 Å². The van der Waals surface area contributed by atoms with Crippen LogP contribution in [0.4, 0.5) is 0 Å². The van der Waals surface area contributed by atoms with Crippen LogP contribution in [0.2, 0.25) is 0 Å². The van der Waals surface area contributed by atoms with Gasteiger partial charge in [0, 0.05) is 17.5 Å². The Bertz CT molecular complexity index is 820. The highest BCUT2D eigenvalue weighted by Crippen LogP contribution is 2.37. The molecule has 0 aliphatic carbocycles. The van der Waals surface area contributed by atoms with Gasteiger partial charge in [0.15, 0.2) is 11.5 Å². The van der Waals surface area contributed by atoms with Gasteiger partial charge in [-0.15, -0.1) is 0 Å². The standard InChI is InChI=1S/C19H19O3/c1-12-5-7-14(8-6-12)19-16-11-18(21-4)17(20-3)10-15(16)9-13(2)22-19/h5-11H,1-4H3/q+1. The summed E-state index contributed by atoms with van der Waals surface area (Å²) in [6, 6.07) is 14.3. The van der Waals surface area contributed by atoms with Crippen LogP contribution in [0.5, 0.6) is 11.5 Å². The molecule has 3 heteroatoms. The van der Waals surface area contributed by atoms with Crippen molar-refractivity contribution in [3.63, 3.8) is 0 Å². The first-order valence-electron chi connectivity index (χ1n) is 7.19. The number of ether oxygens (including phenoxy) is 2. The van der Waals surface area contributed by atoms with Crippen LogP contribution in [0.15, 0.2) is 46.9 Å². The van der Waals surface area contributed by atoms with E-state index in [-0.39, 0.29) is 0 Å². The Balaban J connectivity index is 2.31. The lowest BCUT2D eigenvalue weighted by molar-refractivity contribution is 0.355. The third-order valence-electron chi connectivity index (χ3n) is 3.74. The average molecular weight is 295 g/mol. The smallest absolute Gasteiger partial charge is 0.368 e. The molecular weight excluding hydrogens is 276 g/mol. The SMILES string of the molecule is COc1cc2cc(C)[o+]c(-c3ccc(C)cc3)c2cc1OC. The van der Waals surface area contributed by atoms with Crippen LogP contribution in [0, 0.1) is 13.8 Å². The number of rotatable bonds is 3. The maximum absolute atomic E-state index is 5.99. The molecule has 0 radical (unpaired) electrons. The molecular formula is C19H19O3+. The van der Waals surface area contributed by atoms with Crippen molar-refractivity contribution in [2.45, 2.75) is 13.8 Å². The Labute approximate surface area is 130 Å². The molecule has 0 saturated carbocycles. The summed E-state index contributed by atoms with van der Waals surface area (Å²) in [5.41, 5.74) is 2.27. The van der Waals surface area contributed by atoms with Crippen LogP contribution in [-0.2, 0) is 0 Å². The fourth-order valence-corrected chi connectivity index (χ4v) is 2.59. The Morgan fingerprint density at radius 2 is 1.45 bits per heavy atom. The maximum Gasteiger partial charge on any atom is 0.368 e. The van der Waals surface area contributed by atoms with Crippen molar-refractivity contribution in [3.8, 4) is 22.8 Å². The van der Waals surface area contributed by atoms with Crippen LogP contribution < -0.4 is 9.47 Å². The lowest BCUT2D eigenvalue weighted by Gasteiger charge is -2.08. The summed E-state index contributed by atoms with van der Waals surface area (Å²) in [7, 11) is 3.28. The van der Waals surface area contributed by atoms with Crippen LogP contribution in [0.3, 0.4) is 0 Å². The molecule has 3 aromatic rings. The van der Waals surface area contributed by atoms with Crippen LogP contribution in [-0.4, -0.2) is 14.2 Å². The zero-order chi connectivity index (χ0) is 15.7. The summed E-state index contributed by atoms with van der Waals surface area (Å²) in [6.07, 6.45) is 0. The molecule has 0 atom stereocenters. The van der Waals surface area contributed by atoms with Gasteiger partial charge in [-0.1, -0.05) is 17.7 Å². The van der Waals surface area contributed by atoms with Crippen molar-refractivity contribution in [1.82, 2.24) is 0 Å². The number of methoxy groups -OCH3 is 2. The molecule has 3 nitrogen and oxygen atoms in total. The minimum atomic E-state index is 0.697. The molecule has 112 valence electrons. The topological polar surface area (TPSA) is 29.8 Å². The summed E-state index contributed by atoms with van der Waals surface area (Å²) >= 11 is 0. The van der Waals surface area contributed by atoms with Gasteiger partial charge in [-0.3, -0.25) is 0 Å². The minimum absolute atomic E-state index is 0.697. The molecule has 0 saturated heterocycles. The van der Waals surface area contributed by atoms with Gasteiger partial charge in [-0.05, 0) is 25.1 Å². The average Bonchev–Trinajstić information content (AvgIpc) is 2.53. The fraction of sp³-hybridized carbons (Fsp3) is 0.211. The third-order valence-corrected chi connectivity index (χ3v) is 3.74. The highest BCUT2D eigenvalue weighted by Gasteiger charge is 2.21. The second kappa shape index (κ2) is 5.68. The van der Waals surface area contributed by atoms with E-state index in [2.05, 4.69) is 31.2 Å². The summed E-state index contributed by atoms with van der Waals surface area (Å²) in [5.74, 6) is 3.11. The van der Waals surface area contributed by atoms with Crippen molar-refractivity contribution in [3.05, 3.63) is 53.8 Å². The Hall–Kier alpha value is -2.55. The highest BCUT2D eigenvalue weighted by molar-refractivity contribution is 5.96. The number of fused-ring (bicyclic) bond motifs is 1. The van der Waals surface area contributed by atoms with Gasteiger partial charge in [-0.25, -0.2) is 4.42 Å². The van der Waals surface area contributed by atoms with Crippen molar-refractivity contribution in [2.75, 3.05) is 14.2 Å². The number of aryl methyl sites for hydroxylation is 2. The molecule has 2 aromatic carbocycles. The number of benzene rings is 2. The van der Waals surface area contributed by atoms with Gasteiger partial charge in [0.05, 0.1) is 32.1 Å². The molecule has 0 aliphatic heterocycles. The summed E-state index contributed by atoms with van der Waals surface area (Å²) in [6.45, 7) is 4.02. The summed E-state index contributed by atoms with van der Waals surface area (Å²) in [5, 5.41) is 2.07. The molecule has 3 rings (SSSR count). The van der Waals surface area contributed by atoms with Gasteiger partial charge in [-0.2, -0.15) is 0 Å². The van der Waals surface area contributed by atoms with E-state index in [9.17, 15) is 0 Å². The van der Waals surface area contributed by atoms with E-state index in [1.54, 1.807) is 14.2 Å². The van der Waals surface area contributed by atoms with E-state index in [0.717, 1.165) is 33.6 Å². The maximum atomic E-state index is 5.99. The van der Waals surface area contributed by atoms with Crippen LogP contribution in [0.1, 0.15) is 11.3 Å². The molecule has 0 unspecified atom stereocenters. The first-order chi connectivity index (χ1) is 10.6. The van der Waals surface area contributed by atoms with Gasteiger partial charge in [0.1, 0.15) is 0 Å². The van der Waals surface area contributed by atoms with Gasteiger partial charge in [0.2, 0.25) is 0 Å². The lowest BCUT2D eigenvalue weighted by atomic mass is 10.0. The predicted molar refractivity (Wildman–Crippen MR) is 88.6 cm³/mol. The zero-order valence-corrected chi connectivity index (χ0v) is 13.3. The molecule has 0 bridgehead atoms. The minimum Gasteiger partial charge on any atom is -0.493 e. The number of hydrogen-bond donors (Lipinski definition) is 0. The Morgan fingerprint density at radius 3 is 2.09 bits per heavy atom. The normalized spacial score (nSPS) is 10.7. The largest absolute Gasteiger partial charge is 0.493 e. The van der Waals surface area contributed by atoms with E-state index in [1.807, 2.05) is 25.1 Å². The second-order valence-electron chi connectivity index (χ2n) is 5.35. The van der Waals surface area contributed by atoms with E-state index in [0.29, 0.717) is 5.75 Å². The van der Waals surface area contributed by atoms with Crippen molar-refractivity contribution >= 4 is 10.8 Å². The van der Waals surface area contributed by atoms with E-state index in [1.165, 1.54) is 5.56 Å². The molecule has 1 heterocycles. The molecule has 0 N–H and O–H groups in total. The van der Waals surface area contributed by atoms with E-state index in [4.69, 9.17) is 13.9 Å². The Morgan fingerprint density at radius 1 is 0.818 bits per heavy atom. The van der Waals surface area contributed by atoms with Crippen LogP contribution >= 0.6 is 0 Å². The summed E-state index contributed by atoms with van der Waals surface area (Å²) in [4.78, 5) is 0. The first-order valence-corrected chi connectivity index (χ1v) is 7.19. The zero-order valence-electron chi connectivity index (χ0n) is 13.3. The van der Waals surface area contributed by atoms with Gasteiger partial charge >= 0.3 is 11.5 Å². The monoisotopic (exact) mass is 295 g/mol. The molecule has 22 heavy (non-hydrogen) atoms. The molecule has 0 fully saturated rings. The molecule has 1 aromatic heterocycles. The van der Waals surface area contributed by atoms with Crippen molar-refractivity contribution < 1.29 is 13.9 Å². The van der Waals surface area contributed by atoms with Gasteiger partial charge in [0.25, 0.3) is 0 Å².